The Balaban J connectivity index is 4.05. The third-order valence-corrected chi connectivity index (χ3v) is 2.29. The van der Waals surface area contributed by atoms with E-state index >= 15 is 0 Å². The smallest absolute Gasteiger partial charge is 0.365 e. The molecule has 0 aromatic carbocycles. The van der Waals surface area contributed by atoms with Crippen molar-refractivity contribution >= 4 is 9.05 Å². The summed E-state index contributed by atoms with van der Waals surface area (Å²) >= 11 is 0. The van der Waals surface area contributed by atoms with Crippen LogP contribution in [0.2, 0.25) is 0 Å². The molecule has 0 aliphatic rings. The molecule has 15 heavy (non-hydrogen) atoms. The minimum atomic E-state index is -3.82. The summed E-state index contributed by atoms with van der Waals surface area (Å²) in [7, 11) is -3.82. The highest BCUT2D eigenvalue weighted by molar-refractivity contribution is 6.51. The van der Waals surface area contributed by atoms with E-state index in [9.17, 15) is 4.80 Å². The maximum absolute atomic E-state index is 9.73. The third-order valence-electron chi connectivity index (χ3n) is 1.02. The molecule has 0 heterocycles. The van der Waals surface area contributed by atoms with E-state index < -0.39 is 9.05 Å². The van der Waals surface area contributed by atoms with Gasteiger partial charge in [0, 0.05) is 6.61 Å². The molecule has 0 rings (SSSR count). The quantitative estimate of drug-likeness (QED) is 0.390. The summed E-state index contributed by atoms with van der Waals surface area (Å²) in [6, 6.07) is 0. The molecule has 0 radical (unpaired) electrons. The average molecular weight is 240 g/mol. The molecule has 0 bridgehead atoms. The van der Waals surface area contributed by atoms with Crippen LogP contribution >= 0.6 is 0 Å². The Morgan fingerprint density at radius 2 is 1.40 bits per heavy atom. The molecule has 0 atom stereocenters. The second kappa shape index (κ2) is 7.28. The molecule has 0 saturated carbocycles. The highest BCUT2D eigenvalue weighted by atomic mass is 28.4. The van der Waals surface area contributed by atoms with Crippen LogP contribution < -0.4 is 0 Å². The van der Waals surface area contributed by atoms with Gasteiger partial charge >= 0.3 is 9.05 Å². The zero-order chi connectivity index (χ0) is 11.9. The standard InChI is InChI=1S/C8H20O6Si/c1-6-10-15(9,13-11-7(2)3)14-12-8(4)5/h7-9H,6H2,1-5H3. The van der Waals surface area contributed by atoms with Gasteiger partial charge in [0.05, 0.1) is 12.2 Å². The van der Waals surface area contributed by atoms with Gasteiger partial charge in [0.2, 0.25) is 0 Å². The highest BCUT2D eigenvalue weighted by Gasteiger charge is 2.46. The molecular weight excluding hydrogens is 220 g/mol. The molecule has 0 unspecified atom stereocenters. The third kappa shape index (κ3) is 7.85. The molecule has 0 aliphatic heterocycles. The molecule has 0 saturated heterocycles. The first-order valence-corrected chi connectivity index (χ1v) is 6.62. The lowest BCUT2D eigenvalue weighted by Crippen LogP contribution is -2.47. The summed E-state index contributed by atoms with van der Waals surface area (Å²) in [6.45, 7) is 8.96. The van der Waals surface area contributed by atoms with Crippen molar-refractivity contribution in [2.75, 3.05) is 6.61 Å². The van der Waals surface area contributed by atoms with E-state index in [4.69, 9.17) is 23.4 Å². The maximum Gasteiger partial charge on any atom is 0.733 e. The van der Waals surface area contributed by atoms with Gasteiger partial charge in [-0.15, -0.1) is 0 Å². The molecule has 0 aliphatic carbocycles. The van der Waals surface area contributed by atoms with Crippen molar-refractivity contribution in [2.24, 2.45) is 0 Å². The molecule has 92 valence electrons. The van der Waals surface area contributed by atoms with Crippen molar-refractivity contribution in [3.8, 4) is 0 Å². The molecule has 0 amide bonds. The summed E-state index contributed by atoms with van der Waals surface area (Å²) in [5.41, 5.74) is 0. The largest absolute Gasteiger partial charge is 0.733 e. The van der Waals surface area contributed by atoms with Gasteiger partial charge in [0.15, 0.2) is 0 Å². The molecule has 0 aromatic heterocycles. The van der Waals surface area contributed by atoms with Gasteiger partial charge in [-0.05, 0) is 34.6 Å². The fourth-order valence-electron chi connectivity index (χ4n) is 0.558. The van der Waals surface area contributed by atoms with Gasteiger partial charge in [-0.25, -0.2) is 9.78 Å². The van der Waals surface area contributed by atoms with Gasteiger partial charge in [-0.1, -0.05) is 0 Å². The lowest BCUT2D eigenvalue weighted by molar-refractivity contribution is -0.355. The number of hydrogen-bond acceptors (Lipinski definition) is 6. The van der Waals surface area contributed by atoms with Crippen molar-refractivity contribution in [3.05, 3.63) is 0 Å². The van der Waals surface area contributed by atoms with Crippen LogP contribution in [0, 0.1) is 0 Å². The van der Waals surface area contributed by atoms with Crippen LogP contribution in [0.1, 0.15) is 34.6 Å². The zero-order valence-electron chi connectivity index (χ0n) is 9.85. The Kier molecular flexibility index (Phi) is 7.27. The lowest BCUT2D eigenvalue weighted by atomic mass is 10.5. The van der Waals surface area contributed by atoms with Crippen molar-refractivity contribution in [1.29, 1.82) is 0 Å². The summed E-state index contributed by atoms with van der Waals surface area (Å²) in [4.78, 5) is 19.3. The van der Waals surface area contributed by atoms with E-state index in [0.29, 0.717) is 0 Å². The molecular formula is C8H20O6Si. The van der Waals surface area contributed by atoms with Crippen LogP contribution in [-0.2, 0) is 23.4 Å². The normalized spacial score (nSPS) is 12.8. The van der Waals surface area contributed by atoms with Crippen molar-refractivity contribution in [2.45, 2.75) is 46.8 Å². The first kappa shape index (κ1) is 15.0. The Hall–Kier alpha value is -0.0231. The Bertz CT molecular complexity index is 151. The van der Waals surface area contributed by atoms with Crippen molar-refractivity contribution in [3.63, 3.8) is 0 Å². The fraction of sp³-hybridized carbons (Fsp3) is 1.00. The van der Waals surface area contributed by atoms with Crippen LogP contribution in [-0.4, -0.2) is 32.7 Å². The Morgan fingerprint density at radius 1 is 1.00 bits per heavy atom. The van der Waals surface area contributed by atoms with E-state index in [-0.39, 0.29) is 18.8 Å². The second-order valence-electron chi connectivity index (χ2n) is 3.41. The van der Waals surface area contributed by atoms with Crippen molar-refractivity contribution in [1.82, 2.24) is 0 Å². The predicted molar refractivity (Wildman–Crippen MR) is 54.2 cm³/mol. The van der Waals surface area contributed by atoms with Gasteiger partial charge in [0.25, 0.3) is 0 Å². The van der Waals surface area contributed by atoms with E-state index in [0.717, 1.165) is 0 Å². The van der Waals surface area contributed by atoms with Crippen LogP contribution in [0.25, 0.3) is 0 Å². The second-order valence-corrected chi connectivity index (χ2v) is 5.08. The summed E-state index contributed by atoms with van der Waals surface area (Å²) in [5, 5.41) is 0. The van der Waals surface area contributed by atoms with Gasteiger partial charge < -0.3 is 9.22 Å². The summed E-state index contributed by atoms with van der Waals surface area (Å²) in [6.07, 6.45) is -0.403. The van der Waals surface area contributed by atoms with Gasteiger partial charge in [-0.2, -0.15) is 9.15 Å². The maximum atomic E-state index is 9.73. The van der Waals surface area contributed by atoms with Crippen LogP contribution in [0.3, 0.4) is 0 Å². The number of rotatable bonds is 8. The first-order valence-electron chi connectivity index (χ1n) is 4.95. The lowest BCUT2D eigenvalue weighted by Gasteiger charge is -2.21. The van der Waals surface area contributed by atoms with Gasteiger partial charge in [0.1, 0.15) is 0 Å². The molecule has 0 spiro atoms. The summed E-state index contributed by atoms with van der Waals surface area (Å²) in [5.74, 6) is 0. The Morgan fingerprint density at radius 3 is 1.67 bits per heavy atom. The number of hydrogen-bond donors (Lipinski definition) is 1. The molecule has 1 N–H and O–H groups in total. The van der Waals surface area contributed by atoms with E-state index in [1.807, 2.05) is 0 Å². The topological polar surface area (TPSA) is 66.4 Å². The molecule has 7 heteroatoms. The zero-order valence-corrected chi connectivity index (χ0v) is 10.9. The predicted octanol–water partition coefficient (Wildman–Crippen LogP) is 1.16. The van der Waals surface area contributed by atoms with E-state index in [1.165, 1.54) is 0 Å². The minimum absolute atomic E-state index is 0.202. The molecule has 6 nitrogen and oxygen atoms in total. The van der Waals surface area contributed by atoms with Crippen LogP contribution in [0.5, 0.6) is 0 Å². The van der Waals surface area contributed by atoms with Gasteiger partial charge in [-0.3, -0.25) is 0 Å². The minimum Gasteiger partial charge on any atom is -0.365 e. The van der Waals surface area contributed by atoms with Crippen LogP contribution in [0.15, 0.2) is 0 Å². The van der Waals surface area contributed by atoms with E-state index in [2.05, 4.69) is 0 Å². The SMILES string of the molecule is CCO[Si](O)(OOC(C)C)OOC(C)C. The molecule has 0 aromatic rings. The fourth-order valence-corrected chi connectivity index (χ4v) is 1.68. The first-order chi connectivity index (χ1) is 6.89. The van der Waals surface area contributed by atoms with Crippen LogP contribution in [0.4, 0.5) is 0 Å². The molecule has 0 fully saturated rings. The average Bonchev–Trinajstić information content (AvgIpc) is 2.13. The van der Waals surface area contributed by atoms with Crippen molar-refractivity contribution < 1.29 is 28.2 Å². The van der Waals surface area contributed by atoms with E-state index in [1.54, 1.807) is 34.6 Å². The summed E-state index contributed by atoms with van der Waals surface area (Å²) < 4.78 is 14.3. The highest BCUT2D eigenvalue weighted by Crippen LogP contribution is 2.09. The Labute approximate surface area is 91.4 Å². The monoisotopic (exact) mass is 240 g/mol.